The van der Waals surface area contributed by atoms with Gasteiger partial charge in [-0.15, -0.1) is 0 Å². The number of furan rings is 1. The first-order valence-corrected chi connectivity index (χ1v) is 5.07. The summed E-state index contributed by atoms with van der Waals surface area (Å²) in [6.07, 6.45) is 2.88. The molecule has 0 aromatic carbocycles. The van der Waals surface area contributed by atoms with Crippen molar-refractivity contribution in [2.75, 3.05) is 13.7 Å². The zero-order valence-corrected chi connectivity index (χ0v) is 9.16. The van der Waals surface area contributed by atoms with Gasteiger partial charge in [-0.1, -0.05) is 0 Å². The molecule has 1 N–H and O–H groups in total. The molecule has 1 atom stereocenters. The Bertz CT molecular complexity index is 282. The molecule has 0 saturated heterocycles. The van der Waals surface area contributed by atoms with Gasteiger partial charge in [0.25, 0.3) is 0 Å². The largest absolute Gasteiger partial charge is 0.469 e. The second-order valence-electron chi connectivity index (χ2n) is 3.37. The van der Waals surface area contributed by atoms with E-state index < -0.39 is 0 Å². The molecule has 0 amide bonds. The van der Waals surface area contributed by atoms with E-state index in [9.17, 15) is 4.79 Å². The molecule has 84 valence electrons. The lowest BCUT2D eigenvalue weighted by Crippen LogP contribution is -2.20. The zero-order chi connectivity index (χ0) is 11.1. The van der Waals surface area contributed by atoms with Crippen LogP contribution in [-0.2, 0) is 9.53 Å². The highest BCUT2D eigenvalue weighted by atomic mass is 16.5. The van der Waals surface area contributed by atoms with E-state index in [1.54, 1.807) is 6.26 Å². The molecule has 0 saturated carbocycles. The van der Waals surface area contributed by atoms with Crippen molar-refractivity contribution in [1.82, 2.24) is 5.32 Å². The van der Waals surface area contributed by atoms with E-state index in [0.717, 1.165) is 18.7 Å². The number of esters is 1. The molecule has 0 radical (unpaired) electrons. The van der Waals surface area contributed by atoms with Gasteiger partial charge in [0, 0.05) is 6.42 Å². The quantitative estimate of drug-likeness (QED) is 0.576. The second kappa shape index (κ2) is 6.24. The molecule has 4 heteroatoms. The van der Waals surface area contributed by atoms with Crippen molar-refractivity contribution in [3.05, 3.63) is 24.2 Å². The van der Waals surface area contributed by atoms with E-state index in [2.05, 4.69) is 10.1 Å². The molecule has 0 aliphatic carbocycles. The van der Waals surface area contributed by atoms with E-state index in [-0.39, 0.29) is 12.0 Å². The van der Waals surface area contributed by atoms with E-state index in [0.29, 0.717) is 6.42 Å². The molecule has 0 aliphatic rings. The van der Waals surface area contributed by atoms with E-state index >= 15 is 0 Å². The van der Waals surface area contributed by atoms with Gasteiger partial charge in [-0.05, 0) is 32.0 Å². The number of methoxy groups -OCH3 is 1. The first-order valence-electron chi connectivity index (χ1n) is 5.07. The van der Waals surface area contributed by atoms with Gasteiger partial charge in [0.1, 0.15) is 5.76 Å². The van der Waals surface area contributed by atoms with Crippen LogP contribution in [0.25, 0.3) is 0 Å². The summed E-state index contributed by atoms with van der Waals surface area (Å²) >= 11 is 0. The molecule has 0 spiro atoms. The fourth-order valence-corrected chi connectivity index (χ4v) is 1.29. The Morgan fingerprint density at radius 3 is 3.07 bits per heavy atom. The van der Waals surface area contributed by atoms with E-state index in [1.165, 1.54) is 7.11 Å². The van der Waals surface area contributed by atoms with Crippen molar-refractivity contribution in [2.24, 2.45) is 0 Å². The summed E-state index contributed by atoms with van der Waals surface area (Å²) in [5.74, 6) is 0.746. The van der Waals surface area contributed by atoms with Gasteiger partial charge >= 0.3 is 5.97 Å². The molecule has 0 fully saturated rings. The monoisotopic (exact) mass is 211 g/mol. The molecule has 1 aromatic heterocycles. The summed E-state index contributed by atoms with van der Waals surface area (Å²) in [7, 11) is 1.40. The SMILES string of the molecule is COC(=O)CCCN[C@H](C)c1ccco1. The minimum absolute atomic E-state index is 0.164. The van der Waals surface area contributed by atoms with Crippen LogP contribution in [0.15, 0.2) is 22.8 Å². The highest BCUT2D eigenvalue weighted by Gasteiger charge is 2.07. The van der Waals surface area contributed by atoms with Crippen LogP contribution in [-0.4, -0.2) is 19.6 Å². The molecule has 0 bridgehead atoms. The van der Waals surface area contributed by atoms with Crippen molar-refractivity contribution in [1.29, 1.82) is 0 Å². The summed E-state index contributed by atoms with van der Waals surface area (Å²) in [5, 5.41) is 3.26. The van der Waals surface area contributed by atoms with Crippen LogP contribution in [0.1, 0.15) is 31.6 Å². The van der Waals surface area contributed by atoms with Gasteiger partial charge < -0.3 is 14.5 Å². The van der Waals surface area contributed by atoms with Crippen LogP contribution in [0.5, 0.6) is 0 Å². The standard InChI is InChI=1S/C11H17NO3/c1-9(10-5-4-8-15-10)12-7-3-6-11(13)14-2/h4-5,8-9,12H,3,6-7H2,1-2H3/t9-/m1/s1. The predicted octanol–water partition coefficient (Wildman–Crippen LogP) is 1.88. The summed E-state index contributed by atoms with van der Waals surface area (Å²) in [6.45, 7) is 2.80. The van der Waals surface area contributed by atoms with Crippen molar-refractivity contribution in [2.45, 2.75) is 25.8 Å². The number of nitrogens with one attached hydrogen (secondary N) is 1. The van der Waals surface area contributed by atoms with Gasteiger partial charge in [0.05, 0.1) is 19.4 Å². The summed E-state index contributed by atoms with van der Waals surface area (Å²) in [6, 6.07) is 3.97. The number of rotatable bonds is 6. The van der Waals surface area contributed by atoms with E-state index in [4.69, 9.17) is 4.42 Å². The maximum absolute atomic E-state index is 10.8. The second-order valence-corrected chi connectivity index (χ2v) is 3.37. The highest BCUT2D eigenvalue weighted by molar-refractivity contribution is 5.69. The van der Waals surface area contributed by atoms with Crippen LogP contribution < -0.4 is 5.32 Å². The molecule has 15 heavy (non-hydrogen) atoms. The zero-order valence-electron chi connectivity index (χ0n) is 9.16. The third-order valence-corrected chi connectivity index (χ3v) is 2.21. The maximum atomic E-state index is 10.8. The lowest BCUT2D eigenvalue weighted by molar-refractivity contribution is -0.140. The first-order chi connectivity index (χ1) is 7.24. The van der Waals surface area contributed by atoms with Crippen molar-refractivity contribution >= 4 is 5.97 Å². The average molecular weight is 211 g/mol. The number of carbonyl (C=O) groups excluding carboxylic acids is 1. The Labute approximate surface area is 89.6 Å². The summed E-state index contributed by atoms with van der Waals surface area (Å²) in [4.78, 5) is 10.8. The van der Waals surface area contributed by atoms with Gasteiger partial charge in [-0.2, -0.15) is 0 Å². The fourth-order valence-electron chi connectivity index (χ4n) is 1.29. The Morgan fingerprint density at radius 2 is 2.47 bits per heavy atom. The molecule has 1 aromatic rings. The van der Waals surface area contributed by atoms with Gasteiger partial charge in [-0.3, -0.25) is 4.79 Å². The van der Waals surface area contributed by atoms with Crippen molar-refractivity contribution < 1.29 is 13.9 Å². The molecule has 4 nitrogen and oxygen atoms in total. The Hall–Kier alpha value is -1.29. The Morgan fingerprint density at radius 1 is 1.67 bits per heavy atom. The summed E-state index contributed by atoms with van der Waals surface area (Å²) < 4.78 is 9.78. The van der Waals surface area contributed by atoms with Crippen LogP contribution >= 0.6 is 0 Å². The minimum Gasteiger partial charge on any atom is -0.469 e. The number of hydrogen-bond donors (Lipinski definition) is 1. The third-order valence-electron chi connectivity index (χ3n) is 2.21. The van der Waals surface area contributed by atoms with Crippen LogP contribution in [0.4, 0.5) is 0 Å². The smallest absolute Gasteiger partial charge is 0.305 e. The fraction of sp³-hybridized carbons (Fsp3) is 0.545. The topological polar surface area (TPSA) is 51.5 Å². The number of ether oxygens (including phenoxy) is 1. The maximum Gasteiger partial charge on any atom is 0.305 e. The Balaban J connectivity index is 2.13. The first kappa shape index (κ1) is 11.8. The third kappa shape index (κ3) is 4.16. The Kier molecular flexibility index (Phi) is 4.90. The van der Waals surface area contributed by atoms with Crippen molar-refractivity contribution in [3.63, 3.8) is 0 Å². The highest BCUT2D eigenvalue weighted by Crippen LogP contribution is 2.11. The molecule has 1 rings (SSSR count). The minimum atomic E-state index is -0.164. The average Bonchev–Trinajstić information content (AvgIpc) is 2.77. The molecule has 0 unspecified atom stereocenters. The molecular weight excluding hydrogens is 194 g/mol. The number of carbonyl (C=O) groups is 1. The number of hydrogen-bond acceptors (Lipinski definition) is 4. The van der Waals surface area contributed by atoms with Gasteiger partial charge in [0.2, 0.25) is 0 Å². The van der Waals surface area contributed by atoms with Crippen LogP contribution in [0, 0.1) is 0 Å². The van der Waals surface area contributed by atoms with Gasteiger partial charge in [0.15, 0.2) is 0 Å². The lowest BCUT2D eigenvalue weighted by atomic mass is 10.2. The normalized spacial score (nSPS) is 12.4. The van der Waals surface area contributed by atoms with Crippen LogP contribution in [0.3, 0.4) is 0 Å². The van der Waals surface area contributed by atoms with E-state index in [1.807, 2.05) is 19.1 Å². The molecule has 0 aliphatic heterocycles. The lowest BCUT2D eigenvalue weighted by Gasteiger charge is -2.10. The predicted molar refractivity (Wildman–Crippen MR) is 56.4 cm³/mol. The van der Waals surface area contributed by atoms with Gasteiger partial charge in [-0.25, -0.2) is 0 Å². The van der Waals surface area contributed by atoms with Crippen molar-refractivity contribution in [3.8, 4) is 0 Å². The summed E-state index contributed by atoms with van der Waals surface area (Å²) in [5.41, 5.74) is 0. The molecular formula is C11H17NO3. The van der Waals surface area contributed by atoms with Crippen LogP contribution in [0.2, 0.25) is 0 Å². The molecule has 1 heterocycles.